The van der Waals surface area contributed by atoms with Gasteiger partial charge >= 0.3 is 0 Å². The minimum Gasteiger partial charge on any atom is -0.365 e. The summed E-state index contributed by atoms with van der Waals surface area (Å²) in [6.45, 7) is 1.70. The van der Waals surface area contributed by atoms with E-state index in [0.29, 0.717) is 32.0 Å². The topological polar surface area (TPSA) is 97.3 Å². The van der Waals surface area contributed by atoms with E-state index in [1.54, 1.807) is 32.7 Å². The number of hydrogen-bond acceptors (Lipinski definition) is 7. The number of carbonyl (C=O) groups is 1. The van der Waals surface area contributed by atoms with Crippen LogP contribution in [0.2, 0.25) is 0 Å². The summed E-state index contributed by atoms with van der Waals surface area (Å²) in [7, 11) is 1.88. The number of aryl methyl sites for hydroxylation is 1. The van der Waals surface area contributed by atoms with Crippen molar-refractivity contribution in [2.45, 2.75) is 12.8 Å². The highest BCUT2D eigenvalue weighted by Crippen LogP contribution is 2.25. The van der Waals surface area contributed by atoms with Gasteiger partial charge in [-0.25, -0.2) is 19.5 Å². The highest BCUT2D eigenvalue weighted by molar-refractivity contribution is 5.92. The maximum absolute atomic E-state index is 12.9. The smallest absolute Gasteiger partial charge is 0.232 e. The second-order valence-corrected chi connectivity index (χ2v) is 8.88. The van der Waals surface area contributed by atoms with Gasteiger partial charge in [-0.3, -0.25) is 14.4 Å². The third-order valence-corrected chi connectivity index (χ3v) is 6.39. The van der Waals surface area contributed by atoms with Gasteiger partial charge in [-0.15, -0.1) is 0 Å². The molecule has 0 radical (unpaired) electrons. The van der Waals surface area contributed by atoms with Crippen molar-refractivity contribution in [3.05, 3.63) is 84.8 Å². The number of anilines is 2. The highest BCUT2D eigenvalue weighted by Gasteiger charge is 2.26. The van der Waals surface area contributed by atoms with Crippen molar-refractivity contribution in [3.63, 3.8) is 0 Å². The van der Waals surface area contributed by atoms with E-state index in [0.717, 1.165) is 34.4 Å². The molecular weight excluding hydrogens is 454 g/mol. The molecule has 1 aromatic carbocycles. The summed E-state index contributed by atoms with van der Waals surface area (Å²) >= 11 is 0. The largest absolute Gasteiger partial charge is 0.365 e. The molecule has 0 unspecified atom stereocenters. The quantitative estimate of drug-likeness (QED) is 0.382. The molecule has 1 amide bonds. The van der Waals surface area contributed by atoms with Crippen molar-refractivity contribution < 1.29 is 4.79 Å². The Morgan fingerprint density at radius 1 is 0.806 bits per heavy atom. The Bertz CT molecular complexity index is 1510. The molecule has 10 nitrogen and oxygen atoms in total. The molecule has 0 aliphatic carbocycles. The SMILES string of the molecule is Cn1cc(-c2cnc3c(N4CCC(=O)N(c5ncc(Cc6ccccc6)cn5)CC4)cnn3c2)cn1. The van der Waals surface area contributed by atoms with Crippen molar-refractivity contribution >= 4 is 23.2 Å². The number of fused-ring (bicyclic) bond motifs is 1. The van der Waals surface area contributed by atoms with Gasteiger partial charge in [0.15, 0.2) is 5.65 Å². The van der Waals surface area contributed by atoms with E-state index in [1.165, 1.54) is 5.56 Å². The van der Waals surface area contributed by atoms with Crippen LogP contribution in [0.5, 0.6) is 0 Å². The standard InChI is InChI=1S/C26H25N9O/c1-32-17-22(15-30-32)21-14-27-25-23(16-31-35(25)18-21)33-8-7-24(36)34(10-9-33)26-28-12-20(13-29-26)11-19-5-3-2-4-6-19/h2-6,12-18H,7-11H2,1H3. The average molecular weight is 480 g/mol. The van der Waals surface area contributed by atoms with Gasteiger partial charge in [-0.2, -0.15) is 10.2 Å². The first-order valence-electron chi connectivity index (χ1n) is 11.9. The molecule has 0 N–H and O–H groups in total. The lowest BCUT2D eigenvalue weighted by Crippen LogP contribution is -2.34. The van der Waals surface area contributed by atoms with E-state index in [9.17, 15) is 4.79 Å². The van der Waals surface area contributed by atoms with Crippen LogP contribution >= 0.6 is 0 Å². The Balaban J connectivity index is 1.18. The van der Waals surface area contributed by atoms with E-state index < -0.39 is 0 Å². The van der Waals surface area contributed by atoms with Crippen LogP contribution in [0.3, 0.4) is 0 Å². The Kier molecular flexibility index (Phi) is 5.61. The van der Waals surface area contributed by atoms with Crippen LogP contribution in [0, 0.1) is 0 Å². The lowest BCUT2D eigenvalue weighted by Gasteiger charge is -2.21. The molecule has 0 atom stereocenters. The van der Waals surface area contributed by atoms with Gasteiger partial charge in [0.2, 0.25) is 11.9 Å². The molecule has 1 fully saturated rings. The maximum atomic E-state index is 12.9. The first kappa shape index (κ1) is 21.9. The molecule has 0 bridgehead atoms. The normalized spacial score (nSPS) is 14.4. The lowest BCUT2D eigenvalue weighted by molar-refractivity contribution is -0.118. The van der Waals surface area contributed by atoms with Gasteiger partial charge in [-0.1, -0.05) is 30.3 Å². The minimum absolute atomic E-state index is 0.0107. The summed E-state index contributed by atoms with van der Waals surface area (Å²) in [5.74, 6) is 0.453. The van der Waals surface area contributed by atoms with Crippen molar-refractivity contribution in [1.29, 1.82) is 0 Å². The fourth-order valence-corrected chi connectivity index (χ4v) is 4.49. The van der Waals surface area contributed by atoms with Crippen molar-refractivity contribution in [1.82, 2.24) is 34.3 Å². The van der Waals surface area contributed by atoms with E-state index in [-0.39, 0.29) is 5.91 Å². The summed E-state index contributed by atoms with van der Waals surface area (Å²) in [5, 5.41) is 8.75. The van der Waals surface area contributed by atoms with Crippen LogP contribution in [0.15, 0.2) is 73.7 Å². The highest BCUT2D eigenvalue weighted by atomic mass is 16.2. The van der Waals surface area contributed by atoms with Crippen molar-refractivity contribution in [2.75, 3.05) is 29.4 Å². The van der Waals surface area contributed by atoms with Gasteiger partial charge in [-0.05, 0) is 11.1 Å². The molecule has 5 aromatic rings. The number of carbonyl (C=O) groups excluding carboxylic acids is 1. The molecule has 1 saturated heterocycles. The van der Waals surface area contributed by atoms with Crippen LogP contribution in [-0.2, 0) is 18.3 Å². The number of benzene rings is 1. The molecular formula is C26H25N9O. The zero-order chi connectivity index (χ0) is 24.5. The molecule has 36 heavy (non-hydrogen) atoms. The summed E-state index contributed by atoms with van der Waals surface area (Å²) in [5.41, 5.74) is 5.79. The number of hydrogen-bond donors (Lipinski definition) is 0. The van der Waals surface area contributed by atoms with Crippen LogP contribution in [0.25, 0.3) is 16.8 Å². The molecule has 10 heteroatoms. The second-order valence-electron chi connectivity index (χ2n) is 8.88. The average Bonchev–Trinajstić information content (AvgIpc) is 3.48. The number of aromatic nitrogens is 7. The molecule has 0 spiro atoms. The fourth-order valence-electron chi connectivity index (χ4n) is 4.49. The summed E-state index contributed by atoms with van der Waals surface area (Å²) in [6, 6.07) is 10.2. The predicted molar refractivity (Wildman–Crippen MR) is 136 cm³/mol. The van der Waals surface area contributed by atoms with Crippen LogP contribution < -0.4 is 9.80 Å². The second kappa shape index (κ2) is 9.21. The van der Waals surface area contributed by atoms with E-state index in [1.807, 2.05) is 50.0 Å². The monoisotopic (exact) mass is 479 g/mol. The van der Waals surface area contributed by atoms with Gasteiger partial charge in [0.1, 0.15) is 5.69 Å². The summed E-state index contributed by atoms with van der Waals surface area (Å²) in [4.78, 5) is 30.5. The lowest BCUT2D eigenvalue weighted by atomic mass is 10.1. The zero-order valence-electron chi connectivity index (χ0n) is 19.9. The predicted octanol–water partition coefficient (Wildman–Crippen LogP) is 2.75. The number of amides is 1. The summed E-state index contributed by atoms with van der Waals surface area (Å²) in [6.07, 6.45) is 14.1. The number of rotatable bonds is 5. The Labute approximate surface area is 207 Å². The summed E-state index contributed by atoms with van der Waals surface area (Å²) < 4.78 is 3.53. The first-order chi connectivity index (χ1) is 17.6. The minimum atomic E-state index is 0.0107. The van der Waals surface area contributed by atoms with Crippen LogP contribution in [0.1, 0.15) is 17.5 Å². The molecule has 0 saturated carbocycles. The molecule has 180 valence electrons. The van der Waals surface area contributed by atoms with Crippen LogP contribution in [-0.4, -0.2) is 59.9 Å². The zero-order valence-corrected chi connectivity index (χ0v) is 19.9. The van der Waals surface area contributed by atoms with E-state index in [2.05, 4.69) is 42.2 Å². The van der Waals surface area contributed by atoms with Gasteiger partial charge < -0.3 is 4.90 Å². The van der Waals surface area contributed by atoms with E-state index in [4.69, 9.17) is 0 Å². The van der Waals surface area contributed by atoms with Gasteiger partial charge in [0.05, 0.1) is 12.4 Å². The Morgan fingerprint density at radius 2 is 1.61 bits per heavy atom. The first-order valence-corrected chi connectivity index (χ1v) is 11.9. The molecule has 4 aromatic heterocycles. The number of nitrogens with zero attached hydrogens (tertiary/aromatic N) is 9. The Hall–Kier alpha value is -4.60. The van der Waals surface area contributed by atoms with Crippen molar-refractivity contribution in [2.24, 2.45) is 7.05 Å². The van der Waals surface area contributed by atoms with Crippen molar-refractivity contribution in [3.8, 4) is 11.1 Å². The molecule has 1 aliphatic rings. The molecule has 5 heterocycles. The third-order valence-electron chi connectivity index (χ3n) is 6.39. The fraction of sp³-hybridized carbons (Fsp3) is 0.231. The maximum Gasteiger partial charge on any atom is 0.232 e. The van der Waals surface area contributed by atoms with Crippen LogP contribution in [0.4, 0.5) is 11.6 Å². The van der Waals surface area contributed by atoms with Gasteiger partial charge in [0.25, 0.3) is 0 Å². The van der Waals surface area contributed by atoms with E-state index >= 15 is 0 Å². The van der Waals surface area contributed by atoms with Gasteiger partial charge in [0, 0.05) is 81.6 Å². The third kappa shape index (κ3) is 4.28. The molecule has 6 rings (SSSR count). The molecule has 1 aliphatic heterocycles. The Morgan fingerprint density at radius 3 is 2.39 bits per heavy atom.